The molecule has 2 fully saturated rings. The highest BCUT2D eigenvalue weighted by atomic mass is 15.2. The Bertz CT molecular complexity index is 137. The highest BCUT2D eigenvalue weighted by molar-refractivity contribution is 4.91. The SMILES string of the molecule is CC.CC1CC2CC(C)CC(C1)N2C. The van der Waals surface area contributed by atoms with E-state index in [4.69, 9.17) is 0 Å². The molecule has 0 N–H and O–H groups in total. The van der Waals surface area contributed by atoms with E-state index in [1.807, 2.05) is 13.8 Å². The Morgan fingerprint density at radius 2 is 1.07 bits per heavy atom. The molecular weight excluding hydrogens is 170 g/mol. The van der Waals surface area contributed by atoms with Crippen LogP contribution in [0, 0.1) is 11.8 Å². The van der Waals surface area contributed by atoms with Gasteiger partial charge in [0.2, 0.25) is 0 Å². The molecule has 0 aliphatic carbocycles. The van der Waals surface area contributed by atoms with Gasteiger partial charge in [-0.15, -0.1) is 0 Å². The van der Waals surface area contributed by atoms with E-state index in [1.54, 1.807) is 0 Å². The molecule has 2 aliphatic heterocycles. The van der Waals surface area contributed by atoms with Gasteiger partial charge in [0.1, 0.15) is 0 Å². The fraction of sp³-hybridized carbons (Fsp3) is 1.00. The van der Waals surface area contributed by atoms with Crippen molar-refractivity contribution < 1.29 is 0 Å². The van der Waals surface area contributed by atoms with Crippen LogP contribution in [-0.2, 0) is 0 Å². The lowest BCUT2D eigenvalue weighted by molar-refractivity contribution is 0.0188. The highest BCUT2D eigenvalue weighted by Gasteiger charge is 2.36. The maximum absolute atomic E-state index is 2.64. The van der Waals surface area contributed by atoms with Crippen molar-refractivity contribution in [1.29, 1.82) is 0 Å². The second-order valence-electron chi connectivity index (χ2n) is 5.13. The minimum Gasteiger partial charge on any atom is -0.300 e. The molecular formula is C13H27N. The maximum Gasteiger partial charge on any atom is 0.0100 e. The summed E-state index contributed by atoms with van der Waals surface area (Å²) < 4.78 is 0. The Labute approximate surface area is 89.9 Å². The summed E-state index contributed by atoms with van der Waals surface area (Å²) in [5.41, 5.74) is 0. The molecule has 84 valence electrons. The first-order valence-corrected chi connectivity index (χ1v) is 6.38. The number of fused-ring (bicyclic) bond motifs is 2. The van der Waals surface area contributed by atoms with Crippen molar-refractivity contribution in [2.45, 2.75) is 65.5 Å². The summed E-state index contributed by atoms with van der Waals surface area (Å²) in [5.74, 6) is 1.95. The standard InChI is InChI=1S/C11H21N.C2H6/c1-8-4-10-6-9(2)7-11(5-8)12(10)3;1-2/h8-11H,4-7H2,1-3H3;1-2H3. The summed E-state index contributed by atoms with van der Waals surface area (Å²) in [6.07, 6.45) is 5.77. The van der Waals surface area contributed by atoms with Crippen molar-refractivity contribution in [2.75, 3.05) is 7.05 Å². The fourth-order valence-corrected chi connectivity index (χ4v) is 3.21. The molecule has 0 atom stereocenters. The summed E-state index contributed by atoms with van der Waals surface area (Å²) in [6, 6.07) is 1.81. The first-order valence-electron chi connectivity index (χ1n) is 6.38. The molecule has 2 heterocycles. The first kappa shape index (κ1) is 12.0. The second-order valence-corrected chi connectivity index (χ2v) is 5.13. The van der Waals surface area contributed by atoms with Gasteiger partial charge in [-0.2, -0.15) is 0 Å². The van der Waals surface area contributed by atoms with Crippen molar-refractivity contribution in [2.24, 2.45) is 11.8 Å². The van der Waals surface area contributed by atoms with Gasteiger partial charge < -0.3 is 4.90 Å². The summed E-state index contributed by atoms with van der Waals surface area (Å²) in [4.78, 5) is 2.64. The molecule has 2 aliphatic rings. The molecule has 0 aromatic heterocycles. The lowest BCUT2D eigenvalue weighted by Crippen LogP contribution is -2.51. The van der Waals surface area contributed by atoms with Gasteiger partial charge in [0.05, 0.1) is 0 Å². The summed E-state index contributed by atoms with van der Waals surface area (Å²) >= 11 is 0. The third-order valence-corrected chi connectivity index (χ3v) is 3.85. The van der Waals surface area contributed by atoms with Crippen LogP contribution < -0.4 is 0 Å². The summed E-state index contributed by atoms with van der Waals surface area (Å²) in [6.45, 7) is 8.84. The highest BCUT2D eigenvalue weighted by Crippen LogP contribution is 2.37. The van der Waals surface area contributed by atoms with Crippen molar-refractivity contribution in [3.63, 3.8) is 0 Å². The van der Waals surface area contributed by atoms with Crippen LogP contribution in [0.4, 0.5) is 0 Å². The van der Waals surface area contributed by atoms with Crippen molar-refractivity contribution in [3.8, 4) is 0 Å². The topological polar surface area (TPSA) is 3.24 Å². The quantitative estimate of drug-likeness (QED) is 0.574. The van der Waals surface area contributed by atoms with Gasteiger partial charge in [0, 0.05) is 12.1 Å². The van der Waals surface area contributed by atoms with E-state index in [9.17, 15) is 0 Å². The van der Waals surface area contributed by atoms with Gasteiger partial charge in [0.15, 0.2) is 0 Å². The van der Waals surface area contributed by atoms with Crippen LogP contribution in [0.15, 0.2) is 0 Å². The summed E-state index contributed by atoms with van der Waals surface area (Å²) in [7, 11) is 2.33. The van der Waals surface area contributed by atoms with Gasteiger partial charge in [-0.3, -0.25) is 0 Å². The minimum absolute atomic E-state index is 0.905. The van der Waals surface area contributed by atoms with Crippen LogP contribution in [0.25, 0.3) is 0 Å². The van der Waals surface area contributed by atoms with E-state index in [0.29, 0.717) is 0 Å². The molecule has 14 heavy (non-hydrogen) atoms. The smallest absolute Gasteiger partial charge is 0.0100 e. The predicted octanol–water partition coefficient (Wildman–Crippen LogP) is 3.54. The van der Waals surface area contributed by atoms with Gasteiger partial charge in [-0.1, -0.05) is 27.7 Å². The zero-order valence-corrected chi connectivity index (χ0v) is 10.6. The fourth-order valence-electron chi connectivity index (χ4n) is 3.21. The monoisotopic (exact) mass is 197 g/mol. The van der Waals surface area contributed by atoms with Gasteiger partial charge in [0.25, 0.3) is 0 Å². The van der Waals surface area contributed by atoms with Crippen LogP contribution in [0.2, 0.25) is 0 Å². The van der Waals surface area contributed by atoms with Gasteiger partial charge >= 0.3 is 0 Å². The van der Waals surface area contributed by atoms with Crippen LogP contribution in [-0.4, -0.2) is 24.0 Å². The van der Waals surface area contributed by atoms with E-state index in [0.717, 1.165) is 23.9 Å². The van der Waals surface area contributed by atoms with Gasteiger partial charge in [-0.05, 0) is 44.6 Å². The Kier molecular flexibility index (Phi) is 4.43. The zero-order valence-electron chi connectivity index (χ0n) is 10.6. The molecule has 0 aromatic rings. The lowest BCUT2D eigenvalue weighted by atomic mass is 9.76. The number of hydrogen-bond acceptors (Lipinski definition) is 1. The number of nitrogens with zero attached hydrogens (tertiary/aromatic N) is 1. The molecule has 0 spiro atoms. The third-order valence-electron chi connectivity index (χ3n) is 3.85. The van der Waals surface area contributed by atoms with Crippen molar-refractivity contribution in [1.82, 2.24) is 4.90 Å². The normalized spacial score (nSPS) is 42.6. The molecule has 2 bridgehead atoms. The van der Waals surface area contributed by atoms with Gasteiger partial charge in [-0.25, -0.2) is 0 Å². The number of hydrogen-bond donors (Lipinski definition) is 0. The van der Waals surface area contributed by atoms with Crippen molar-refractivity contribution in [3.05, 3.63) is 0 Å². The molecule has 0 amide bonds. The molecule has 0 radical (unpaired) electrons. The van der Waals surface area contributed by atoms with E-state index in [2.05, 4.69) is 25.8 Å². The Hall–Kier alpha value is -0.0400. The van der Waals surface area contributed by atoms with Crippen LogP contribution in [0.3, 0.4) is 0 Å². The second kappa shape index (κ2) is 5.16. The molecule has 0 unspecified atom stereocenters. The minimum atomic E-state index is 0.905. The maximum atomic E-state index is 2.64. The van der Waals surface area contributed by atoms with Crippen LogP contribution in [0.1, 0.15) is 53.4 Å². The van der Waals surface area contributed by atoms with Crippen LogP contribution in [0.5, 0.6) is 0 Å². The Morgan fingerprint density at radius 1 is 0.786 bits per heavy atom. The number of rotatable bonds is 0. The predicted molar refractivity (Wildman–Crippen MR) is 63.5 cm³/mol. The van der Waals surface area contributed by atoms with E-state index < -0.39 is 0 Å². The first-order chi connectivity index (χ1) is 6.66. The Balaban J connectivity index is 0.000000461. The molecule has 0 saturated carbocycles. The lowest BCUT2D eigenvalue weighted by Gasteiger charge is -2.48. The average molecular weight is 197 g/mol. The molecule has 2 rings (SSSR count). The molecule has 0 aromatic carbocycles. The van der Waals surface area contributed by atoms with E-state index in [-0.39, 0.29) is 0 Å². The number of piperidine rings is 2. The third kappa shape index (κ3) is 2.50. The largest absolute Gasteiger partial charge is 0.300 e. The Morgan fingerprint density at radius 3 is 1.36 bits per heavy atom. The molecule has 1 heteroatoms. The molecule has 1 nitrogen and oxygen atoms in total. The summed E-state index contributed by atoms with van der Waals surface area (Å²) in [5, 5.41) is 0. The zero-order chi connectivity index (χ0) is 10.7. The molecule has 2 saturated heterocycles. The van der Waals surface area contributed by atoms with E-state index in [1.165, 1.54) is 25.7 Å². The average Bonchev–Trinajstić information content (AvgIpc) is 2.13. The van der Waals surface area contributed by atoms with E-state index >= 15 is 0 Å². The van der Waals surface area contributed by atoms with Crippen molar-refractivity contribution >= 4 is 0 Å². The van der Waals surface area contributed by atoms with Crippen LogP contribution >= 0.6 is 0 Å².